The molecule has 0 heterocycles. The van der Waals surface area contributed by atoms with Gasteiger partial charge in [-0.2, -0.15) is 10.5 Å². The predicted molar refractivity (Wildman–Crippen MR) is 244 cm³/mol. The Morgan fingerprint density at radius 3 is 1.07 bits per heavy atom. The lowest BCUT2D eigenvalue weighted by Gasteiger charge is -2.32. The molecule has 60 heavy (non-hydrogen) atoms. The molecule has 286 valence electrons. The summed E-state index contributed by atoms with van der Waals surface area (Å²) in [5.41, 5.74) is 11.0. The number of nitriles is 2. The summed E-state index contributed by atoms with van der Waals surface area (Å²) >= 11 is 0. The van der Waals surface area contributed by atoms with Crippen molar-refractivity contribution >= 4 is 77.8 Å². The van der Waals surface area contributed by atoms with E-state index in [0.717, 1.165) is 70.6 Å². The molecule has 0 unspecified atom stereocenters. The highest BCUT2D eigenvalue weighted by Crippen LogP contribution is 2.53. The normalized spacial score (nSPS) is 14.3. The van der Waals surface area contributed by atoms with Gasteiger partial charge in [0.1, 0.15) is 0 Å². The number of benzene rings is 8. The average Bonchev–Trinajstić information content (AvgIpc) is 4.06. The molecule has 10 rings (SSSR count). The lowest BCUT2D eigenvalue weighted by molar-refractivity contribution is 0.729. The molecule has 0 N–H and O–H groups in total. The van der Waals surface area contributed by atoms with Gasteiger partial charge in [-0.05, 0) is 155 Å². The zero-order valence-electron chi connectivity index (χ0n) is 33.2. The Morgan fingerprint density at radius 2 is 0.750 bits per heavy atom. The first-order valence-electron chi connectivity index (χ1n) is 20.9. The van der Waals surface area contributed by atoms with Crippen molar-refractivity contribution < 1.29 is 0 Å². The fourth-order valence-corrected chi connectivity index (χ4v) is 10.1. The highest BCUT2D eigenvalue weighted by atomic mass is 15.2. The van der Waals surface area contributed by atoms with E-state index in [1.807, 2.05) is 97.1 Å². The maximum absolute atomic E-state index is 9.75. The Hall–Kier alpha value is -7.64. The summed E-state index contributed by atoms with van der Waals surface area (Å²) in [6, 6.07) is 50.1. The molecule has 2 aliphatic rings. The van der Waals surface area contributed by atoms with Crippen LogP contribution in [0.4, 0.5) is 45.5 Å². The molecule has 0 aliphatic heterocycles. The summed E-state index contributed by atoms with van der Waals surface area (Å²) in [5, 5.41) is 26.9. The van der Waals surface area contributed by atoms with E-state index in [-0.39, 0.29) is 0 Å². The van der Waals surface area contributed by atoms with Gasteiger partial charge in [0.05, 0.1) is 47.8 Å². The van der Waals surface area contributed by atoms with E-state index < -0.39 is 0 Å². The van der Waals surface area contributed by atoms with Gasteiger partial charge in [0.25, 0.3) is 0 Å². The molecule has 2 aliphatic carbocycles. The Balaban J connectivity index is 1.32. The van der Waals surface area contributed by atoms with Gasteiger partial charge in [0, 0.05) is 33.5 Å². The molecule has 0 radical (unpaired) electrons. The van der Waals surface area contributed by atoms with Crippen molar-refractivity contribution in [2.24, 2.45) is 0 Å². The summed E-state index contributed by atoms with van der Waals surface area (Å²) in [4.78, 5) is 12.0. The van der Waals surface area contributed by atoms with Crippen LogP contribution in [0.1, 0.15) is 85.5 Å². The fraction of sp³-hybridized carbons (Fsp3) is 0.185. The minimum Gasteiger partial charge on any atom is -0.310 e. The minimum atomic E-state index is 0.421. The second-order valence-corrected chi connectivity index (χ2v) is 16.2. The first-order chi connectivity index (χ1) is 29.6. The molecule has 0 bridgehead atoms. The van der Waals surface area contributed by atoms with Gasteiger partial charge in [-0.25, -0.2) is 9.69 Å². The monoisotopic (exact) mass is 772 g/mol. The quantitative estimate of drug-likeness (QED) is 0.114. The van der Waals surface area contributed by atoms with E-state index in [1.54, 1.807) is 0 Å². The Morgan fingerprint density at radius 1 is 0.433 bits per heavy atom. The summed E-state index contributed by atoms with van der Waals surface area (Å²) in [6.45, 7) is 15.3. The standard InChI is InChI=1S/C54H40N6/c1-57-39-15-23-43(24-16-39)60(44-25-17-40(58-2)18-26-44)52-32-50(38-9-5-6-10-38)46-27-29-47-51(31-49(37-7-3-4-8-37)45-28-30-48(52)54(46)53(45)47)59(41-19-11-35(33-55)12-20-41)42-21-13-36(34-56)14-22-42/h11-32,37-38H,3-10H2. The second-order valence-electron chi connectivity index (χ2n) is 16.2. The number of hydrogen-bond acceptors (Lipinski definition) is 4. The highest BCUT2D eigenvalue weighted by molar-refractivity contribution is 6.29. The van der Waals surface area contributed by atoms with E-state index in [2.05, 4.69) is 68.0 Å². The van der Waals surface area contributed by atoms with E-state index >= 15 is 0 Å². The topological polar surface area (TPSA) is 62.8 Å². The van der Waals surface area contributed by atoms with Crippen molar-refractivity contribution in [1.29, 1.82) is 10.5 Å². The van der Waals surface area contributed by atoms with Crippen molar-refractivity contribution in [3.05, 3.63) is 179 Å². The maximum atomic E-state index is 9.75. The number of hydrogen-bond donors (Lipinski definition) is 0. The molecule has 0 aromatic heterocycles. The molecule has 0 spiro atoms. The summed E-state index contributed by atoms with van der Waals surface area (Å²) in [6.07, 6.45) is 9.42. The lowest BCUT2D eigenvalue weighted by Crippen LogP contribution is -2.13. The van der Waals surface area contributed by atoms with Crippen LogP contribution in [0, 0.1) is 35.8 Å². The maximum Gasteiger partial charge on any atom is 0.187 e. The number of nitrogens with zero attached hydrogens (tertiary/aromatic N) is 6. The zero-order chi connectivity index (χ0) is 40.7. The van der Waals surface area contributed by atoms with Crippen LogP contribution in [0.25, 0.3) is 42.0 Å². The van der Waals surface area contributed by atoms with Crippen LogP contribution in [0.5, 0.6) is 0 Å². The van der Waals surface area contributed by atoms with Crippen LogP contribution in [-0.4, -0.2) is 0 Å². The van der Waals surface area contributed by atoms with E-state index in [4.69, 9.17) is 13.1 Å². The van der Waals surface area contributed by atoms with Gasteiger partial charge in [-0.1, -0.05) is 74.2 Å². The van der Waals surface area contributed by atoms with Gasteiger partial charge in [0.15, 0.2) is 11.4 Å². The lowest BCUT2D eigenvalue weighted by atomic mass is 9.82. The van der Waals surface area contributed by atoms with Gasteiger partial charge >= 0.3 is 0 Å². The smallest absolute Gasteiger partial charge is 0.187 e. The van der Waals surface area contributed by atoms with Crippen molar-refractivity contribution in [2.75, 3.05) is 9.80 Å². The molecule has 2 fully saturated rings. The molecule has 0 atom stereocenters. The number of anilines is 6. The van der Waals surface area contributed by atoms with Crippen LogP contribution in [0.15, 0.2) is 133 Å². The molecule has 8 aromatic rings. The van der Waals surface area contributed by atoms with Gasteiger partial charge in [0.2, 0.25) is 0 Å². The summed E-state index contributed by atoms with van der Waals surface area (Å²) in [5.74, 6) is 0.844. The second kappa shape index (κ2) is 15.3. The third kappa shape index (κ3) is 6.23. The summed E-state index contributed by atoms with van der Waals surface area (Å²) in [7, 11) is 0. The third-order valence-electron chi connectivity index (χ3n) is 13.0. The first kappa shape index (κ1) is 36.7. The van der Waals surface area contributed by atoms with Crippen molar-refractivity contribution in [3.63, 3.8) is 0 Å². The van der Waals surface area contributed by atoms with Gasteiger partial charge in [-0.3, -0.25) is 0 Å². The molecule has 6 heteroatoms. The summed E-state index contributed by atoms with van der Waals surface area (Å²) < 4.78 is 0. The van der Waals surface area contributed by atoms with E-state index in [0.29, 0.717) is 34.3 Å². The third-order valence-corrected chi connectivity index (χ3v) is 13.0. The predicted octanol–water partition coefficient (Wildman–Crippen LogP) is 15.7. The molecule has 0 saturated heterocycles. The Labute approximate surface area is 350 Å². The van der Waals surface area contributed by atoms with E-state index in [1.165, 1.54) is 58.4 Å². The number of rotatable bonds is 8. The fourth-order valence-electron chi connectivity index (χ4n) is 10.1. The van der Waals surface area contributed by atoms with Crippen molar-refractivity contribution in [1.82, 2.24) is 0 Å². The van der Waals surface area contributed by atoms with Crippen LogP contribution >= 0.6 is 0 Å². The zero-order valence-corrected chi connectivity index (χ0v) is 33.2. The van der Waals surface area contributed by atoms with Gasteiger partial charge < -0.3 is 9.80 Å². The Bertz CT molecular complexity index is 2740. The molecular formula is C54H40N6. The van der Waals surface area contributed by atoms with E-state index in [9.17, 15) is 10.5 Å². The Kier molecular flexibility index (Phi) is 9.34. The van der Waals surface area contributed by atoms with Gasteiger partial charge in [-0.15, -0.1) is 0 Å². The highest BCUT2D eigenvalue weighted by Gasteiger charge is 2.29. The van der Waals surface area contributed by atoms with Crippen LogP contribution in [-0.2, 0) is 0 Å². The molecule has 6 nitrogen and oxygen atoms in total. The van der Waals surface area contributed by atoms with Crippen molar-refractivity contribution in [2.45, 2.75) is 63.2 Å². The first-order valence-corrected chi connectivity index (χ1v) is 20.9. The molecule has 0 amide bonds. The minimum absolute atomic E-state index is 0.421. The molecular weight excluding hydrogens is 733 g/mol. The largest absolute Gasteiger partial charge is 0.310 e. The average molecular weight is 773 g/mol. The van der Waals surface area contributed by atoms with Crippen LogP contribution in [0.3, 0.4) is 0 Å². The van der Waals surface area contributed by atoms with Crippen LogP contribution in [0.2, 0.25) is 0 Å². The molecule has 8 aromatic carbocycles. The van der Waals surface area contributed by atoms with Crippen molar-refractivity contribution in [3.8, 4) is 12.1 Å². The van der Waals surface area contributed by atoms with Crippen LogP contribution < -0.4 is 9.80 Å². The molecule has 2 saturated carbocycles. The SMILES string of the molecule is [C-]#[N+]c1ccc(N(c2ccc([N+]#[C-])cc2)c2cc(C3CCCC3)c3ccc4c(N(c5ccc(C#N)cc5)c5ccc(C#N)cc5)cc(C5CCCC5)c5ccc2c3c54)cc1.